The number of rotatable bonds is 4. The molecule has 2 rings (SSSR count). The molecule has 0 saturated heterocycles. The van der Waals surface area contributed by atoms with Crippen LogP contribution in [0.15, 0.2) is 41.3 Å². The highest BCUT2D eigenvalue weighted by atomic mass is 32.2. The minimum Gasteiger partial charge on any atom is -0.497 e. The Balaban J connectivity index is 2.45. The van der Waals surface area contributed by atoms with E-state index in [9.17, 15) is 17.2 Å². The number of nitrogens with two attached hydrogens (primary N) is 1. The first-order valence-electron chi connectivity index (χ1n) is 5.93. The topological polar surface area (TPSA) is 69.4 Å². The summed E-state index contributed by atoms with van der Waals surface area (Å²) in [6.07, 6.45) is 0. The molecule has 112 valence electrons. The summed E-state index contributed by atoms with van der Waals surface area (Å²) in [5.74, 6) is -1.88. The predicted octanol–water partition coefficient (Wildman–Crippen LogP) is 2.53. The van der Waals surface area contributed by atoms with Gasteiger partial charge in [0.1, 0.15) is 17.4 Å². The Labute approximate surface area is 121 Å². The van der Waals surface area contributed by atoms with E-state index in [0.29, 0.717) is 5.75 Å². The second-order valence-corrected chi connectivity index (χ2v) is 6.36. The number of benzene rings is 2. The van der Waals surface area contributed by atoms with Gasteiger partial charge in [-0.25, -0.2) is 17.2 Å². The summed E-state index contributed by atoms with van der Waals surface area (Å²) in [6, 6.07) is 6.80. The fourth-order valence-corrected chi connectivity index (χ4v) is 3.36. The molecule has 0 fully saturated rings. The van der Waals surface area contributed by atoms with Crippen molar-refractivity contribution in [3.8, 4) is 5.75 Å². The van der Waals surface area contributed by atoms with Crippen molar-refractivity contribution in [1.82, 2.24) is 0 Å². The van der Waals surface area contributed by atoms with Gasteiger partial charge in [0.15, 0.2) is 9.84 Å². The average Bonchev–Trinajstić information content (AvgIpc) is 2.43. The van der Waals surface area contributed by atoms with Crippen LogP contribution in [-0.4, -0.2) is 15.5 Å². The molecule has 0 heterocycles. The van der Waals surface area contributed by atoms with Crippen molar-refractivity contribution >= 4 is 15.5 Å². The van der Waals surface area contributed by atoms with Crippen LogP contribution in [0.3, 0.4) is 0 Å². The van der Waals surface area contributed by atoms with Gasteiger partial charge in [0.25, 0.3) is 0 Å². The Bertz CT molecular complexity index is 776. The van der Waals surface area contributed by atoms with E-state index in [0.717, 1.165) is 18.2 Å². The molecule has 0 aliphatic rings. The minimum absolute atomic E-state index is 0.0209. The summed E-state index contributed by atoms with van der Waals surface area (Å²) in [6.45, 7) is 0. The maximum Gasteiger partial charge on any atom is 0.184 e. The molecule has 0 unspecified atom stereocenters. The summed E-state index contributed by atoms with van der Waals surface area (Å²) in [5, 5.41) is 0. The highest BCUT2D eigenvalue weighted by molar-refractivity contribution is 7.90. The van der Waals surface area contributed by atoms with Crippen molar-refractivity contribution in [2.24, 2.45) is 0 Å². The summed E-state index contributed by atoms with van der Waals surface area (Å²) >= 11 is 0. The Morgan fingerprint density at radius 1 is 1.14 bits per heavy atom. The molecule has 2 aromatic rings. The van der Waals surface area contributed by atoms with E-state index in [2.05, 4.69) is 0 Å². The lowest BCUT2D eigenvalue weighted by Gasteiger charge is -2.10. The Morgan fingerprint density at radius 2 is 1.86 bits per heavy atom. The van der Waals surface area contributed by atoms with Gasteiger partial charge in [-0.05, 0) is 30.3 Å². The number of hydrogen-bond acceptors (Lipinski definition) is 4. The monoisotopic (exact) mass is 313 g/mol. The van der Waals surface area contributed by atoms with E-state index < -0.39 is 27.2 Å². The van der Waals surface area contributed by atoms with Gasteiger partial charge in [0.2, 0.25) is 0 Å². The maximum atomic E-state index is 13.6. The minimum atomic E-state index is -3.93. The SMILES string of the molecule is COc1ccc(N)c(S(=O)(=O)Cc2cc(F)ccc2F)c1. The molecule has 0 spiro atoms. The van der Waals surface area contributed by atoms with E-state index in [1.165, 1.54) is 25.3 Å². The number of ether oxygens (including phenoxy) is 1. The molecule has 2 aromatic carbocycles. The molecule has 0 aliphatic heterocycles. The van der Waals surface area contributed by atoms with Crippen molar-refractivity contribution < 1.29 is 21.9 Å². The highest BCUT2D eigenvalue weighted by Crippen LogP contribution is 2.27. The van der Waals surface area contributed by atoms with E-state index in [1.54, 1.807) is 0 Å². The highest BCUT2D eigenvalue weighted by Gasteiger charge is 2.21. The number of nitrogen functional groups attached to an aromatic ring is 1. The lowest BCUT2D eigenvalue weighted by Crippen LogP contribution is -2.09. The van der Waals surface area contributed by atoms with E-state index in [1.807, 2.05) is 0 Å². The first-order valence-corrected chi connectivity index (χ1v) is 7.59. The van der Waals surface area contributed by atoms with Gasteiger partial charge < -0.3 is 10.5 Å². The second-order valence-electron chi connectivity index (χ2n) is 4.40. The van der Waals surface area contributed by atoms with Gasteiger partial charge in [0, 0.05) is 11.6 Å². The van der Waals surface area contributed by atoms with Crippen molar-refractivity contribution in [1.29, 1.82) is 0 Å². The standard InChI is InChI=1S/C14H13F2NO3S/c1-20-11-3-5-13(17)14(7-11)21(18,19)8-9-6-10(15)2-4-12(9)16/h2-7H,8,17H2,1H3. The molecule has 21 heavy (non-hydrogen) atoms. The molecule has 0 bridgehead atoms. The van der Waals surface area contributed by atoms with Gasteiger partial charge in [0.05, 0.1) is 23.4 Å². The molecular formula is C14H13F2NO3S. The summed E-state index contributed by atoms with van der Waals surface area (Å²) < 4.78 is 56.3. The fourth-order valence-electron chi connectivity index (χ4n) is 1.85. The lowest BCUT2D eigenvalue weighted by molar-refractivity contribution is 0.413. The summed E-state index contributed by atoms with van der Waals surface area (Å²) in [7, 11) is -2.54. The molecule has 0 amide bonds. The molecule has 7 heteroatoms. The van der Waals surface area contributed by atoms with Crippen molar-refractivity contribution in [2.75, 3.05) is 12.8 Å². The number of anilines is 1. The zero-order chi connectivity index (χ0) is 15.6. The normalized spacial score (nSPS) is 11.4. The fraction of sp³-hybridized carbons (Fsp3) is 0.143. The molecule has 0 radical (unpaired) electrons. The van der Waals surface area contributed by atoms with E-state index >= 15 is 0 Å². The molecule has 4 nitrogen and oxygen atoms in total. The Morgan fingerprint density at radius 3 is 2.52 bits per heavy atom. The average molecular weight is 313 g/mol. The zero-order valence-corrected chi connectivity index (χ0v) is 12.0. The van der Waals surface area contributed by atoms with E-state index in [4.69, 9.17) is 10.5 Å². The second kappa shape index (κ2) is 5.69. The number of halogens is 2. The molecule has 0 atom stereocenters. The van der Waals surface area contributed by atoms with Gasteiger partial charge in [-0.2, -0.15) is 0 Å². The van der Waals surface area contributed by atoms with Crippen molar-refractivity contribution in [3.63, 3.8) is 0 Å². The van der Waals surface area contributed by atoms with Gasteiger partial charge in [-0.3, -0.25) is 0 Å². The smallest absolute Gasteiger partial charge is 0.184 e. The van der Waals surface area contributed by atoms with Crippen LogP contribution in [0.5, 0.6) is 5.75 Å². The van der Waals surface area contributed by atoms with Crippen LogP contribution in [-0.2, 0) is 15.6 Å². The predicted molar refractivity (Wildman–Crippen MR) is 74.7 cm³/mol. The Kier molecular flexibility index (Phi) is 4.13. The summed E-state index contributed by atoms with van der Waals surface area (Å²) in [4.78, 5) is -0.175. The molecule has 2 N–H and O–H groups in total. The number of hydrogen-bond donors (Lipinski definition) is 1. The molecule has 0 saturated carbocycles. The largest absolute Gasteiger partial charge is 0.497 e. The third kappa shape index (κ3) is 3.30. The number of methoxy groups -OCH3 is 1. The lowest BCUT2D eigenvalue weighted by atomic mass is 10.2. The van der Waals surface area contributed by atoms with Crippen LogP contribution < -0.4 is 10.5 Å². The molecule has 0 aliphatic carbocycles. The summed E-state index contributed by atoms with van der Waals surface area (Å²) in [5.41, 5.74) is 5.42. The van der Waals surface area contributed by atoms with Crippen molar-refractivity contribution in [3.05, 3.63) is 53.6 Å². The first kappa shape index (κ1) is 15.2. The third-order valence-corrected chi connectivity index (χ3v) is 4.62. The number of sulfone groups is 1. The molecular weight excluding hydrogens is 300 g/mol. The van der Waals surface area contributed by atoms with Crippen LogP contribution in [0.25, 0.3) is 0 Å². The quantitative estimate of drug-likeness (QED) is 0.881. The van der Waals surface area contributed by atoms with Crippen LogP contribution in [0, 0.1) is 11.6 Å². The van der Waals surface area contributed by atoms with Crippen molar-refractivity contribution in [2.45, 2.75) is 10.6 Å². The third-order valence-electron chi connectivity index (χ3n) is 2.91. The zero-order valence-electron chi connectivity index (χ0n) is 11.1. The van der Waals surface area contributed by atoms with Crippen LogP contribution >= 0.6 is 0 Å². The van der Waals surface area contributed by atoms with Gasteiger partial charge >= 0.3 is 0 Å². The van der Waals surface area contributed by atoms with Crippen LogP contribution in [0.2, 0.25) is 0 Å². The van der Waals surface area contributed by atoms with Crippen LogP contribution in [0.4, 0.5) is 14.5 Å². The molecule has 0 aromatic heterocycles. The van der Waals surface area contributed by atoms with E-state index in [-0.39, 0.29) is 16.1 Å². The van der Waals surface area contributed by atoms with Gasteiger partial charge in [-0.15, -0.1) is 0 Å². The van der Waals surface area contributed by atoms with Crippen LogP contribution in [0.1, 0.15) is 5.56 Å². The Hall–Kier alpha value is -2.15. The maximum absolute atomic E-state index is 13.6. The van der Waals surface area contributed by atoms with Gasteiger partial charge in [-0.1, -0.05) is 0 Å². The first-order chi connectivity index (χ1) is 9.83.